The number of rotatable bonds is 4. The largest absolute Gasteiger partial charge is 0.481 e. The highest BCUT2D eigenvalue weighted by molar-refractivity contribution is 5.66. The summed E-state index contributed by atoms with van der Waals surface area (Å²) in [5, 5.41) is 8.63. The molecule has 1 aliphatic heterocycles. The summed E-state index contributed by atoms with van der Waals surface area (Å²) in [7, 11) is 0. The predicted octanol–water partition coefficient (Wildman–Crippen LogP) is 1.95. The van der Waals surface area contributed by atoms with E-state index in [1.54, 1.807) is 0 Å². The molecule has 0 spiro atoms. The molecule has 0 aliphatic carbocycles. The van der Waals surface area contributed by atoms with Crippen molar-refractivity contribution in [3.05, 3.63) is 35.9 Å². The third kappa shape index (κ3) is 2.83. The molecule has 1 saturated heterocycles. The molecule has 3 nitrogen and oxygen atoms in total. The van der Waals surface area contributed by atoms with Gasteiger partial charge < -0.3 is 10.0 Å². The summed E-state index contributed by atoms with van der Waals surface area (Å²) >= 11 is 0. The van der Waals surface area contributed by atoms with Crippen LogP contribution in [0.1, 0.15) is 24.3 Å². The summed E-state index contributed by atoms with van der Waals surface area (Å²) in [4.78, 5) is 12.7. The third-order valence-corrected chi connectivity index (χ3v) is 3.19. The number of carboxylic acid groups (broad SMARTS) is 1. The van der Waals surface area contributed by atoms with Gasteiger partial charge in [-0.05, 0) is 24.4 Å². The van der Waals surface area contributed by atoms with Crippen LogP contribution in [-0.4, -0.2) is 35.6 Å². The van der Waals surface area contributed by atoms with Gasteiger partial charge in [0.25, 0.3) is 0 Å². The highest BCUT2D eigenvalue weighted by Crippen LogP contribution is 2.26. The number of likely N-dealkylation sites (tertiary alicyclic amines) is 1. The summed E-state index contributed by atoms with van der Waals surface area (Å²) in [5.74, 6) is -0.127. The van der Waals surface area contributed by atoms with Crippen molar-refractivity contribution in [2.24, 2.45) is 0 Å². The zero-order valence-electron chi connectivity index (χ0n) is 9.30. The van der Waals surface area contributed by atoms with Crippen LogP contribution in [0.25, 0.3) is 0 Å². The van der Waals surface area contributed by atoms with E-state index in [1.165, 1.54) is 5.56 Å². The molecular formula is C13H17NO2. The maximum atomic E-state index is 10.5. The number of carbonyl (C=O) groups is 1. The Labute approximate surface area is 95.7 Å². The van der Waals surface area contributed by atoms with Crippen LogP contribution in [0.3, 0.4) is 0 Å². The van der Waals surface area contributed by atoms with E-state index in [9.17, 15) is 4.79 Å². The van der Waals surface area contributed by atoms with Crippen molar-refractivity contribution in [2.75, 3.05) is 19.6 Å². The van der Waals surface area contributed by atoms with Crippen LogP contribution in [0, 0.1) is 0 Å². The van der Waals surface area contributed by atoms with Crippen molar-refractivity contribution in [2.45, 2.75) is 18.8 Å². The van der Waals surface area contributed by atoms with Crippen molar-refractivity contribution < 1.29 is 9.90 Å². The van der Waals surface area contributed by atoms with Gasteiger partial charge in [0.15, 0.2) is 0 Å². The molecule has 1 atom stereocenters. The maximum Gasteiger partial charge on any atom is 0.304 e. The van der Waals surface area contributed by atoms with Crippen LogP contribution in [0.5, 0.6) is 0 Å². The molecular weight excluding hydrogens is 202 g/mol. The monoisotopic (exact) mass is 219 g/mol. The molecule has 0 aromatic heterocycles. The zero-order valence-corrected chi connectivity index (χ0v) is 9.30. The van der Waals surface area contributed by atoms with Crippen LogP contribution >= 0.6 is 0 Å². The van der Waals surface area contributed by atoms with Crippen molar-refractivity contribution in [1.29, 1.82) is 0 Å². The first-order valence-corrected chi connectivity index (χ1v) is 5.75. The van der Waals surface area contributed by atoms with Gasteiger partial charge in [-0.15, -0.1) is 0 Å². The molecule has 3 heteroatoms. The molecule has 1 aromatic rings. The van der Waals surface area contributed by atoms with Crippen LogP contribution in [0.2, 0.25) is 0 Å². The lowest BCUT2D eigenvalue weighted by Crippen LogP contribution is -2.23. The first kappa shape index (κ1) is 11.1. The Morgan fingerprint density at radius 1 is 1.38 bits per heavy atom. The summed E-state index contributed by atoms with van der Waals surface area (Å²) in [6.07, 6.45) is 1.39. The Kier molecular flexibility index (Phi) is 3.57. The number of hydrogen-bond donors (Lipinski definition) is 1. The summed E-state index contributed by atoms with van der Waals surface area (Å²) in [6, 6.07) is 10.5. The lowest BCUT2D eigenvalue weighted by atomic mass is 9.99. The molecule has 0 unspecified atom stereocenters. The van der Waals surface area contributed by atoms with Crippen LogP contribution < -0.4 is 0 Å². The Bertz CT molecular complexity index is 350. The van der Waals surface area contributed by atoms with Crippen LogP contribution in [0.15, 0.2) is 30.3 Å². The molecule has 1 fully saturated rings. The number of nitrogens with zero attached hydrogens (tertiary/aromatic N) is 1. The minimum absolute atomic E-state index is 0.251. The summed E-state index contributed by atoms with van der Waals surface area (Å²) < 4.78 is 0. The second-order valence-electron chi connectivity index (χ2n) is 4.34. The molecule has 2 rings (SSSR count). The van der Waals surface area contributed by atoms with E-state index >= 15 is 0 Å². The van der Waals surface area contributed by atoms with Gasteiger partial charge in [-0.3, -0.25) is 4.79 Å². The van der Waals surface area contributed by atoms with Crippen LogP contribution in [0.4, 0.5) is 0 Å². The molecule has 0 saturated carbocycles. The smallest absolute Gasteiger partial charge is 0.304 e. The van der Waals surface area contributed by atoms with Gasteiger partial charge in [-0.1, -0.05) is 30.3 Å². The van der Waals surface area contributed by atoms with E-state index < -0.39 is 5.97 Å². The molecule has 86 valence electrons. The highest BCUT2D eigenvalue weighted by atomic mass is 16.4. The standard InChI is InChI=1S/C13H17NO2/c15-13(16)7-9-14-8-6-12(10-14)11-4-2-1-3-5-11/h1-5,12H,6-10H2,(H,15,16)/t12-/m1/s1. The van der Waals surface area contributed by atoms with Crippen molar-refractivity contribution >= 4 is 5.97 Å². The van der Waals surface area contributed by atoms with Gasteiger partial charge in [0.05, 0.1) is 6.42 Å². The normalized spacial score (nSPS) is 21.1. The fraction of sp³-hybridized carbons (Fsp3) is 0.462. The lowest BCUT2D eigenvalue weighted by molar-refractivity contribution is -0.137. The van der Waals surface area contributed by atoms with E-state index in [-0.39, 0.29) is 6.42 Å². The molecule has 0 amide bonds. The molecule has 1 N–H and O–H groups in total. The van der Waals surface area contributed by atoms with E-state index in [0.717, 1.165) is 19.5 Å². The lowest BCUT2D eigenvalue weighted by Gasteiger charge is -2.14. The maximum absolute atomic E-state index is 10.5. The topological polar surface area (TPSA) is 40.5 Å². The summed E-state index contributed by atoms with van der Waals surface area (Å²) in [5.41, 5.74) is 1.38. The number of benzene rings is 1. The van der Waals surface area contributed by atoms with Gasteiger partial charge >= 0.3 is 5.97 Å². The van der Waals surface area contributed by atoms with Gasteiger partial charge in [0.2, 0.25) is 0 Å². The Balaban J connectivity index is 1.86. The molecule has 16 heavy (non-hydrogen) atoms. The Hall–Kier alpha value is -1.35. The number of hydrogen-bond acceptors (Lipinski definition) is 2. The Morgan fingerprint density at radius 2 is 2.12 bits per heavy atom. The number of carboxylic acids is 1. The SMILES string of the molecule is O=C(O)CCN1CC[C@@H](c2ccccc2)C1. The third-order valence-electron chi connectivity index (χ3n) is 3.19. The van der Waals surface area contributed by atoms with Gasteiger partial charge in [-0.2, -0.15) is 0 Å². The fourth-order valence-electron chi connectivity index (χ4n) is 2.29. The quantitative estimate of drug-likeness (QED) is 0.841. The molecule has 1 heterocycles. The van der Waals surface area contributed by atoms with Gasteiger partial charge in [0, 0.05) is 13.1 Å². The second-order valence-corrected chi connectivity index (χ2v) is 4.34. The summed E-state index contributed by atoms with van der Waals surface area (Å²) in [6.45, 7) is 2.70. The first-order valence-electron chi connectivity index (χ1n) is 5.75. The van der Waals surface area contributed by atoms with E-state index in [0.29, 0.717) is 12.5 Å². The Morgan fingerprint density at radius 3 is 2.81 bits per heavy atom. The first-order chi connectivity index (χ1) is 7.75. The minimum atomic E-state index is -0.705. The average molecular weight is 219 g/mol. The predicted molar refractivity (Wildman–Crippen MR) is 62.5 cm³/mol. The van der Waals surface area contributed by atoms with Crippen LogP contribution in [-0.2, 0) is 4.79 Å². The zero-order chi connectivity index (χ0) is 11.4. The van der Waals surface area contributed by atoms with Crippen molar-refractivity contribution in [3.8, 4) is 0 Å². The molecule has 1 aromatic carbocycles. The highest BCUT2D eigenvalue weighted by Gasteiger charge is 2.23. The molecule has 0 radical (unpaired) electrons. The van der Waals surface area contributed by atoms with Crippen molar-refractivity contribution in [3.63, 3.8) is 0 Å². The van der Waals surface area contributed by atoms with E-state index in [1.807, 2.05) is 6.07 Å². The van der Waals surface area contributed by atoms with Crippen molar-refractivity contribution in [1.82, 2.24) is 4.90 Å². The van der Waals surface area contributed by atoms with E-state index in [4.69, 9.17) is 5.11 Å². The van der Waals surface area contributed by atoms with Gasteiger partial charge in [-0.25, -0.2) is 0 Å². The fourth-order valence-corrected chi connectivity index (χ4v) is 2.29. The minimum Gasteiger partial charge on any atom is -0.481 e. The van der Waals surface area contributed by atoms with E-state index in [2.05, 4.69) is 29.2 Å². The second kappa shape index (κ2) is 5.12. The number of aliphatic carboxylic acids is 1. The molecule has 1 aliphatic rings. The average Bonchev–Trinajstić information content (AvgIpc) is 2.76. The van der Waals surface area contributed by atoms with Gasteiger partial charge in [0.1, 0.15) is 0 Å². The molecule has 0 bridgehead atoms.